The molecule has 0 atom stereocenters. The zero-order valence-electron chi connectivity index (χ0n) is 12.5. The summed E-state index contributed by atoms with van der Waals surface area (Å²) in [4.78, 5) is 28.4. The van der Waals surface area contributed by atoms with Gasteiger partial charge in [0.2, 0.25) is 0 Å². The minimum atomic E-state index is -0.665. The van der Waals surface area contributed by atoms with Gasteiger partial charge in [-0.2, -0.15) is 0 Å². The molecule has 2 heterocycles. The highest BCUT2D eigenvalue weighted by atomic mass is 16.6. The first-order chi connectivity index (χ1) is 9.83. The fraction of sp³-hybridized carbons (Fsp3) is 0.400. The Bertz CT molecular complexity index is 683. The third-order valence-corrected chi connectivity index (χ3v) is 2.67. The van der Waals surface area contributed by atoms with Crippen LogP contribution in [0.25, 0.3) is 10.9 Å². The summed E-state index contributed by atoms with van der Waals surface area (Å²) in [5, 5.41) is 0.721. The summed E-state index contributed by atoms with van der Waals surface area (Å²) in [7, 11) is 0. The van der Waals surface area contributed by atoms with Crippen molar-refractivity contribution < 1.29 is 19.1 Å². The van der Waals surface area contributed by atoms with E-state index in [9.17, 15) is 9.59 Å². The molecule has 0 aliphatic rings. The van der Waals surface area contributed by atoms with Crippen LogP contribution in [0.15, 0.2) is 24.5 Å². The highest BCUT2D eigenvalue weighted by Gasteiger charge is 2.25. The highest BCUT2D eigenvalue weighted by molar-refractivity contribution is 6.01. The Kier molecular flexibility index (Phi) is 3.97. The minimum Gasteiger partial charge on any atom is -0.461 e. The van der Waals surface area contributed by atoms with Gasteiger partial charge in [0.25, 0.3) is 0 Å². The lowest BCUT2D eigenvalue weighted by atomic mass is 10.2. The van der Waals surface area contributed by atoms with E-state index < -0.39 is 17.7 Å². The summed E-state index contributed by atoms with van der Waals surface area (Å²) in [5.74, 6) is -0.570. The molecule has 6 heteroatoms. The molecule has 2 rings (SSSR count). The van der Waals surface area contributed by atoms with Gasteiger partial charge in [-0.25, -0.2) is 14.2 Å². The molecule has 0 amide bonds. The minimum absolute atomic E-state index is 0.133. The van der Waals surface area contributed by atoms with Crippen molar-refractivity contribution in [1.29, 1.82) is 0 Å². The molecule has 0 saturated carbocycles. The second-order valence-corrected chi connectivity index (χ2v) is 5.50. The predicted molar refractivity (Wildman–Crippen MR) is 77.3 cm³/mol. The van der Waals surface area contributed by atoms with Gasteiger partial charge in [-0.15, -0.1) is 0 Å². The molecule has 0 aliphatic heterocycles. The molecule has 21 heavy (non-hydrogen) atoms. The summed E-state index contributed by atoms with van der Waals surface area (Å²) in [6, 6.07) is 3.32. The second-order valence-electron chi connectivity index (χ2n) is 5.50. The zero-order valence-corrected chi connectivity index (χ0v) is 12.5. The number of pyridine rings is 1. The van der Waals surface area contributed by atoms with E-state index in [0.29, 0.717) is 5.52 Å². The van der Waals surface area contributed by atoms with Gasteiger partial charge in [-0.1, -0.05) is 0 Å². The van der Waals surface area contributed by atoms with Gasteiger partial charge in [0.05, 0.1) is 18.3 Å². The van der Waals surface area contributed by atoms with Crippen molar-refractivity contribution in [2.24, 2.45) is 0 Å². The molecule has 0 aliphatic carbocycles. The fourth-order valence-corrected chi connectivity index (χ4v) is 1.91. The Morgan fingerprint density at radius 3 is 2.67 bits per heavy atom. The van der Waals surface area contributed by atoms with E-state index in [0.717, 1.165) is 5.39 Å². The molecule has 0 N–H and O–H groups in total. The van der Waals surface area contributed by atoms with Gasteiger partial charge in [0, 0.05) is 11.6 Å². The monoisotopic (exact) mass is 290 g/mol. The molecule has 0 bridgehead atoms. The van der Waals surface area contributed by atoms with Crippen molar-refractivity contribution in [1.82, 2.24) is 9.55 Å². The number of rotatable bonds is 2. The quantitative estimate of drug-likeness (QED) is 0.795. The number of ether oxygens (including phenoxy) is 2. The average molecular weight is 290 g/mol. The van der Waals surface area contributed by atoms with Crippen molar-refractivity contribution in [3.63, 3.8) is 0 Å². The van der Waals surface area contributed by atoms with E-state index in [1.165, 1.54) is 10.8 Å². The summed E-state index contributed by atoms with van der Waals surface area (Å²) in [5.41, 5.74) is -0.0224. The van der Waals surface area contributed by atoms with Crippen molar-refractivity contribution in [2.45, 2.75) is 33.3 Å². The van der Waals surface area contributed by atoms with Crippen LogP contribution in [0.3, 0.4) is 0 Å². The maximum atomic E-state index is 12.4. The molecular weight excluding hydrogens is 272 g/mol. The predicted octanol–water partition coefficient (Wildman–Crippen LogP) is 3.00. The number of carbonyl (C=O) groups excluding carboxylic acids is 2. The summed E-state index contributed by atoms with van der Waals surface area (Å²) < 4.78 is 11.5. The largest absolute Gasteiger partial charge is 0.461 e. The van der Waals surface area contributed by atoms with Gasteiger partial charge < -0.3 is 9.47 Å². The van der Waals surface area contributed by atoms with Crippen molar-refractivity contribution in [3.05, 3.63) is 30.2 Å². The molecule has 2 aromatic heterocycles. The molecular formula is C15H18N2O4. The van der Waals surface area contributed by atoms with Gasteiger partial charge >= 0.3 is 12.1 Å². The Morgan fingerprint density at radius 1 is 1.33 bits per heavy atom. The first-order valence-electron chi connectivity index (χ1n) is 6.69. The molecule has 112 valence electrons. The van der Waals surface area contributed by atoms with Crippen LogP contribution in [0.4, 0.5) is 4.79 Å². The van der Waals surface area contributed by atoms with Crippen LogP contribution in [-0.2, 0) is 9.47 Å². The molecule has 0 aromatic carbocycles. The maximum absolute atomic E-state index is 12.4. The zero-order chi connectivity index (χ0) is 15.6. The summed E-state index contributed by atoms with van der Waals surface area (Å²) >= 11 is 0. The average Bonchev–Trinajstić information content (AvgIpc) is 2.76. The van der Waals surface area contributed by atoms with Crippen molar-refractivity contribution in [3.8, 4) is 0 Å². The lowest BCUT2D eigenvalue weighted by Gasteiger charge is -2.20. The summed E-state index contributed by atoms with van der Waals surface area (Å²) in [6.45, 7) is 7.23. The highest BCUT2D eigenvalue weighted by Crippen LogP contribution is 2.21. The first-order valence-corrected chi connectivity index (χ1v) is 6.69. The second kappa shape index (κ2) is 5.55. The van der Waals surface area contributed by atoms with Crippen LogP contribution in [0, 0.1) is 0 Å². The molecule has 0 unspecified atom stereocenters. The topological polar surface area (TPSA) is 70.4 Å². The fourth-order valence-electron chi connectivity index (χ4n) is 1.91. The molecule has 6 nitrogen and oxygen atoms in total. The van der Waals surface area contributed by atoms with E-state index in [4.69, 9.17) is 9.47 Å². The van der Waals surface area contributed by atoms with E-state index in [1.807, 2.05) is 0 Å². The number of hydrogen-bond donors (Lipinski definition) is 0. The Labute approximate surface area is 122 Å². The van der Waals surface area contributed by atoms with Gasteiger partial charge in [0.1, 0.15) is 11.3 Å². The standard InChI is InChI=1S/C15H18N2O4/c1-5-20-13(18)11-8-10-6-7-16-9-12(10)17(11)14(19)21-15(2,3)4/h6-9H,5H2,1-4H3. The van der Waals surface area contributed by atoms with Gasteiger partial charge in [0.15, 0.2) is 0 Å². The third-order valence-electron chi connectivity index (χ3n) is 2.67. The Balaban J connectivity index is 2.55. The van der Waals surface area contributed by atoms with Gasteiger partial charge in [-0.3, -0.25) is 4.98 Å². The van der Waals surface area contributed by atoms with Crippen LogP contribution in [-0.4, -0.2) is 33.8 Å². The number of carbonyl (C=O) groups is 2. The number of fused-ring (bicyclic) bond motifs is 1. The van der Waals surface area contributed by atoms with Gasteiger partial charge in [-0.05, 0) is 39.8 Å². The lowest BCUT2D eigenvalue weighted by Crippen LogP contribution is -2.29. The molecule has 0 radical (unpaired) electrons. The van der Waals surface area contributed by atoms with Crippen LogP contribution in [0.5, 0.6) is 0 Å². The first kappa shape index (κ1) is 15.0. The summed E-state index contributed by atoms with van der Waals surface area (Å²) in [6.07, 6.45) is 2.48. The van der Waals surface area contributed by atoms with Crippen LogP contribution in [0.2, 0.25) is 0 Å². The number of esters is 1. The Morgan fingerprint density at radius 2 is 2.05 bits per heavy atom. The van der Waals surface area contributed by atoms with Crippen LogP contribution < -0.4 is 0 Å². The van der Waals surface area contributed by atoms with E-state index in [2.05, 4.69) is 4.98 Å². The van der Waals surface area contributed by atoms with E-state index in [1.54, 1.807) is 46.0 Å². The lowest BCUT2D eigenvalue weighted by molar-refractivity contribution is 0.0454. The maximum Gasteiger partial charge on any atom is 0.419 e. The van der Waals surface area contributed by atoms with Crippen molar-refractivity contribution >= 4 is 23.0 Å². The number of nitrogens with zero attached hydrogens (tertiary/aromatic N) is 2. The smallest absolute Gasteiger partial charge is 0.419 e. The molecule has 2 aromatic rings. The van der Waals surface area contributed by atoms with Crippen LogP contribution in [0.1, 0.15) is 38.2 Å². The Hall–Kier alpha value is -2.37. The molecule has 0 spiro atoms. The molecule has 0 fully saturated rings. The van der Waals surface area contributed by atoms with E-state index in [-0.39, 0.29) is 12.3 Å². The van der Waals surface area contributed by atoms with E-state index >= 15 is 0 Å². The third kappa shape index (κ3) is 3.21. The number of hydrogen-bond acceptors (Lipinski definition) is 5. The molecule has 0 saturated heterocycles. The van der Waals surface area contributed by atoms with Crippen LogP contribution >= 0.6 is 0 Å². The SMILES string of the molecule is CCOC(=O)c1cc2ccncc2n1C(=O)OC(C)(C)C. The number of aromatic nitrogens is 2. The normalized spacial score (nSPS) is 11.4. The van der Waals surface area contributed by atoms with Crippen molar-refractivity contribution in [2.75, 3.05) is 6.61 Å².